The number of benzene rings is 1. The Morgan fingerprint density at radius 1 is 1.22 bits per heavy atom. The molecule has 1 aromatic heterocycles. The highest BCUT2D eigenvalue weighted by molar-refractivity contribution is 5.86. The third-order valence-electron chi connectivity index (χ3n) is 4.23. The first kappa shape index (κ1) is 20.5. The molecule has 1 heterocycles. The Morgan fingerprint density at radius 3 is 2.52 bits per heavy atom. The zero-order valence-corrected chi connectivity index (χ0v) is 15.9. The standard InChI is InChI=1S/C20H25NO6/c1-5-6-13-9-17(22)27-16-10-14(7-8-15(13)16)26-12(4)19(23)21-18(11(2)3)20(24)25/h7-12,18H,5-6H2,1-4H3,(H,21,23)(H,24,25)/t12-,18+/m1/s1. The van der Waals surface area contributed by atoms with Crippen LogP contribution in [0.4, 0.5) is 0 Å². The zero-order valence-electron chi connectivity index (χ0n) is 15.9. The van der Waals surface area contributed by atoms with Crippen LogP contribution in [0.3, 0.4) is 0 Å². The van der Waals surface area contributed by atoms with Crippen LogP contribution in [-0.4, -0.2) is 29.1 Å². The molecule has 0 saturated heterocycles. The minimum Gasteiger partial charge on any atom is -0.481 e. The Hall–Kier alpha value is -2.83. The zero-order chi connectivity index (χ0) is 20.1. The molecule has 2 aromatic rings. The minimum atomic E-state index is -1.10. The first-order valence-corrected chi connectivity index (χ1v) is 8.99. The van der Waals surface area contributed by atoms with Gasteiger partial charge in [0.15, 0.2) is 6.10 Å². The lowest BCUT2D eigenvalue weighted by Crippen LogP contribution is -2.48. The van der Waals surface area contributed by atoms with Gasteiger partial charge in [0, 0.05) is 17.5 Å². The highest BCUT2D eigenvalue weighted by atomic mass is 16.5. The molecule has 146 valence electrons. The van der Waals surface area contributed by atoms with Crippen LogP contribution in [0.1, 0.15) is 39.7 Å². The van der Waals surface area contributed by atoms with Crippen molar-refractivity contribution in [2.75, 3.05) is 0 Å². The molecule has 0 spiro atoms. The molecule has 27 heavy (non-hydrogen) atoms. The lowest BCUT2D eigenvalue weighted by atomic mass is 10.0. The van der Waals surface area contributed by atoms with Gasteiger partial charge in [0.2, 0.25) is 0 Å². The van der Waals surface area contributed by atoms with Gasteiger partial charge in [-0.2, -0.15) is 0 Å². The van der Waals surface area contributed by atoms with Gasteiger partial charge in [-0.15, -0.1) is 0 Å². The predicted octanol–water partition coefficient (Wildman–Crippen LogP) is 2.74. The van der Waals surface area contributed by atoms with Crippen LogP contribution in [0.15, 0.2) is 33.5 Å². The fourth-order valence-corrected chi connectivity index (χ4v) is 2.80. The van der Waals surface area contributed by atoms with Crippen molar-refractivity contribution in [2.45, 2.75) is 52.7 Å². The van der Waals surface area contributed by atoms with Crippen molar-refractivity contribution in [3.8, 4) is 5.75 Å². The van der Waals surface area contributed by atoms with Gasteiger partial charge < -0.3 is 19.6 Å². The summed E-state index contributed by atoms with van der Waals surface area (Å²) in [6.45, 7) is 6.98. The largest absolute Gasteiger partial charge is 0.481 e. The lowest BCUT2D eigenvalue weighted by Gasteiger charge is -2.21. The van der Waals surface area contributed by atoms with E-state index in [0.717, 1.165) is 23.8 Å². The minimum absolute atomic E-state index is 0.259. The first-order valence-electron chi connectivity index (χ1n) is 8.99. The lowest BCUT2D eigenvalue weighted by molar-refractivity contribution is -0.144. The van der Waals surface area contributed by atoms with Gasteiger partial charge in [0.1, 0.15) is 17.4 Å². The number of amides is 1. The monoisotopic (exact) mass is 375 g/mol. The number of fused-ring (bicyclic) bond motifs is 1. The van der Waals surface area contributed by atoms with E-state index < -0.39 is 29.6 Å². The Bertz CT molecular complexity index is 886. The van der Waals surface area contributed by atoms with Crippen LogP contribution < -0.4 is 15.7 Å². The van der Waals surface area contributed by atoms with Gasteiger partial charge in [-0.25, -0.2) is 9.59 Å². The molecule has 0 aliphatic rings. The van der Waals surface area contributed by atoms with E-state index in [2.05, 4.69) is 5.32 Å². The van der Waals surface area contributed by atoms with Crippen molar-refractivity contribution in [2.24, 2.45) is 5.92 Å². The fourth-order valence-electron chi connectivity index (χ4n) is 2.80. The topological polar surface area (TPSA) is 106 Å². The molecule has 7 nitrogen and oxygen atoms in total. The number of hydrogen-bond donors (Lipinski definition) is 2. The molecule has 1 aromatic carbocycles. The number of carbonyl (C=O) groups is 2. The van der Waals surface area contributed by atoms with E-state index in [1.807, 2.05) is 6.92 Å². The third kappa shape index (κ3) is 5.09. The number of carboxylic acid groups (broad SMARTS) is 1. The summed E-state index contributed by atoms with van der Waals surface area (Å²) >= 11 is 0. The van der Waals surface area contributed by atoms with E-state index in [4.69, 9.17) is 9.15 Å². The molecule has 0 fully saturated rings. The smallest absolute Gasteiger partial charge is 0.336 e. The van der Waals surface area contributed by atoms with Gasteiger partial charge in [-0.3, -0.25) is 4.79 Å². The van der Waals surface area contributed by atoms with Crippen LogP contribution in [0.2, 0.25) is 0 Å². The molecule has 2 rings (SSSR count). The molecule has 0 aliphatic carbocycles. The summed E-state index contributed by atoms with van der Waals surface area (Å²) < 4.78 is 10.9. The Labute approximate surface area is 157 Å². The molecule has 0 aliphatic heterocycles. The molecular weight excluding hydrogens is 350 g/mol. The number of rotatable bonds is 8. The van der Waals surface area contributed by atoms with Crippen molar-refractivity contribution < 1.29 is 23.8 Å². The number of hydrogen-bond acceptors (Lipinski definition) is 5. The van der Waals surface area contributed by atoms with E-state index in [1.54, 1.807) is 32.0 Å². The molecule has 0 radical (unpaired) electrons. The second-order valence-corrected chi connectivity index (χ2v) is 6.83. The predicted molar refractivity (Wildman–Crippen MR) is 101 cm³/mol. The first-order chi connectivity index (χ1) is 12.7. The Balaban J connectivity index is 2.19. The normalized spacial score (nSPS) is 13.4. The van der Waals surface area contributed by atoms with Gasteiger partial charge in [0.25, 0.3) is 5.91 Å². The summed E-state index contributed by atoms with van der Waals surface area (Å²) in [4.78, 5) is 35.2. The van der Waals surface area contributed by atoms with Crippen LogP contribution in [0.5, 0.6) is 5.75 Å². The van der Waals surface area contributed by atoms with Gasteiger partial charge >= 0.3 is 11.6 Å². The summed E-state index contributed by atoms with van der Waals surface area (Å²) in [5, 5.41) is 12.5. The molecule has 7 heteroatoms. The molecule has 0 bridgehead atoms. The SMILES string of the molecule is CCCc1cc(=O)oc2cc(O[C@H](C)C(=O)N[C@H](C(=O)O)C(C)C)ccc12. The quantitative estimate of drug-likeness (QED) is 0.687. The average molecular weight is 375 g/mol. The fraction of sp³-hybridized carbons (Fsp3) is 0.450. The molecule has 1 amide bonds. The summed E-state index contributed by atoms with van der Waals surface area (Å²) in [6, 6.07) is 5.55. The van der Waals surface area contributed by atoms with Crippen LogP contribution >= 0.6 is 0 Å². The number of aryl methyl sites for hydroxylation is 1. The number of nitrogens with one attached hydrogen (secondary N) is 1. The third-order valence-corrected chi connectivity index (χ3v) is 4.23. The molecule has 2 atom stereocenters. The summed E-state index contributed by atoms with van der Waals surface area (Å²) in [6.07, 6.45) is 0.746. The van der Waals surface area contributed by atoms with Crippen molar-refractivity contribution in [1.82, 2.24) is 5.32 Å². The van der Waals surface area contributed by atoms with Crippen molar-refractivity contribution in [3.63, 3.8) is 0 Å². The second-order valence-electron chi connectivity index (χ2n) is 6.83. The maximum Gasteiger partial charge on any atom is 0.336 e. The maximum absolute atomic E-state index is 12.3. The summed E-state index contributed by atoms with van der Waals surface area (Å²) in [5.74, 6) is -1.53. The van der Waals surface area contributed by atoms with E-state index >= 15 is 0 Å². The maximum atomic E-state index is 12.3. The van der Waals surface area contributed by atoms with Crippen LogP contribution in [0, 0.1) is 5.92 Å². The van der Waals surface area contributed by atoms with Crippen molar-refractivity contribution >= 4 is 22.8 Å². The highest BCUT2D eigenvalue weighted by Crippen LogP contribution is 2.24. The number of aliphatic carboxylic acids is 1. The number of carboxylic acids is 1. The molecule has 0 unspecified atom stereocenters. The van der Waals surface area contributed by atoms with Gasteiger partial charge in [-0.1, -0.05) is 27.2 Å². The Morgan fingerprint density at radius 2 is 1.93 bits per heavy atom. The summed E-state index contributed by atoms with van der Waals surface area (Å²) in [5.41, 5.74) is 0.860. The second kappa shape index (κ2) is 8.70. The number of ether oxygens (including phenoxy) is 1. The number of carbonyl (C=O) groups excluding carboxylic acids is 1. The van der Waals surface area contributed by atoms with Crippen LogP contribution in [0.25, 0.3) is 11.0 Å². The van der Waals surface area contributed by atoms with Crippen molar-refractivity contribution in [1.29, 1.82) is 0 Å². The van der Waals surface area contributed by atoms with Gasteiger partial charge in [0.05, 0.1) is 0 Å². The van der Waals surface area contributed by atoms with Crippen LogP contribution in [-0.2, 0) is 16.0 Å². The summed E-state index contributed by atoms with van der Waals surface area (Å²) in [7, 11) is 0. The average Bonchev–Trinajstić information content (AvgIpc) is 2.58. The van der Waals surface area contributed by atoms with E-state index in [1.165, 1.54) is 13.0 Å². The molecule has 2 N–H and O–H groups in total. The Kier molecular flexibility index (Phi) is 6.60. The highest BCUT2D eigenvalue weighted by Gasteiger charge is 2.26. The van der Waals surface area contributed by atoms with Gasteiger partial charge in [-0.05, 0) is 37.0 Å². The van der Waals surface area contributed by atoms with E-state index in [9.17, 15) is 19.5 Å². The van der Waals surface area contributed by atoms with Crippen molar-refractivity contribution in [3.05, 3.63) is 40.2 Å². The molecule has 0 saturated carbocycles. The van der Waals surface area contributed by atoms with E-state index in [-0.39, 0.29) is 5.92 Å². The van der Waals surface area contributed by atoms with E-state index in [0.29, 0.717) is 11.3 Å². The molecular formula is C20H25NO6.